The Kier molecular flexibility index (Phi) is 6.07. The van der Waals surface area contributed by atoms with Crippen LogP contribution in [-0.4, -0.2) is 36.1 Å². The highest BCUT2D eigenvalue weighted by Gasteiger charge is 2.40. The van der Waals surface area contributed by atoms with Crippen LogP contribution in [0.1, 0.15) is 23.1 Å². The van der Waals surface area contributed by atoms with Gasteiger partial charge >= 0.3 is 6.18 Å². The van der Waals surface area contributed by atoms with Crippen LogP contribution in [0.25, 0.3) is 0 Å². The number of sulfonamides is 1. The van der Waals surface area contributed by atoms with Gasteiger partial charge in [-0.05, 0) is 19.9 Å². The molecule has 7 nitrogen and oxygen atoms in total. The lowest BCUT2D eigenvalue weighted by Gasteiger charge is -2.16. The minimum absolute atomic E-state index is 0.0421. The van der Waals surface area contributed by atoms with E-state index in [-0.39, 0.29) is 17.1 Å². The van der Waals surface area contributed by atoms with Gasteiger partial charge in [0.15, 0.2) is 0 Å². The summed E-state index contributed by atoms with van der Waals surface area (Å²) in [5.41, 5.74) is -0.0149. The second kappa shape index (κ2) is 7.68. The first kappa shape index (κ1) is 22.1. The standard InChI is InChI=1S/C15H15ClF4N4O3S/c1-7-4-9(5-11(17)21-7)22-14(25)13-12(16)10(6-24(13)3)28(26,27)23-8(2)15(18,19)20/h4-6,8,23H,1-3H3,(H,21,22,25). The van der Waals surface area contributed by atoms with E-state index in [2.05, 4.69) is 10.3 Å². The molecule has 0 radical (unpaired) electrons. The van der Waals surface area contributed by atoms with Crippen LogP contribution in [-0.2, 0) is 17.1 Å². The Hall–Kier alpha value is -2.18. The molecule has 1 unspecified atom stereocenters. The van der Waals surface area contributed by atoms with Gasteiger partial charge in [-0.1, -0.05) is 11.6 Å². The lowest BCUT2D eigenvalue weighted by atomic mass is 10.3. The van der Waals surface area contributed by atoms with Crippen molar-refractivity contribution in [2.24, 2.45) is 7.05 Å². The van der Waals surface area contributed by atoms with Crippen molar-refractivity contribution in [1.82, 2.24) is 14.3 Å². The Balaban J connectivity index is 2.36. The van der Waals surface area contributed by atoms with E-state index in [4.69, 9.17) is 11.6 Å². The van der Waals surface area contributed by atoms with E-state index in [1.807, 2.05) is 0 Å². The van der Waals surface area contributed by atoms with Crippen LogP contribution in [0.15, 0.2) is 23.2 Å². The Labute approximate surface area is 162 Å². The fourth-order valence-corrected chi connectivity index (χ4v) is 4.20. The van der Waals surface area contributed by atoms with Gasteiger partial charge in [-0.15, -0.1) is 0 Å². The number of amides is 1. The van der Waals surface area contributed by atoms with E-state index in [0.717, 1.165) is 16.8 Å². The molecule has 13 heteroatoms. The smallest absolute Gasteiger partial charge is 0.344 e. The van der Waals surface area contributed by atoms with Gasteiger partial charge in [0.2, 0.25) is 16.0 Å². The number of carbonyl (C=O) groups excluding carboxylic acids is 1. The SMILES string of the molecule is Cc1cc(NC(=O)c2c(Cl)c(S(=O)(=O)NC(C)C(F)(F)F)cn2C)cc(F)n1. The van der Waals surface area contributed by atoms with Crippen LogP contribution in [0.3, 0.4) is 0 Å². The number of alkyl halides is 3. The molecule has 2 N–H and O–H groups in total. The van der Waals surface area contributed by atoms with E-state index in [0.29, 0.717) is 6.92 Å². The third-order valence-electron chi connectivity index (χ3n) is 3.60. The number of halogens is 5. The quantitative estimate of drug-likeness (QED) is 0.550. The number of anilines is 1. The maximum absolute atomic E-state index is 13.3. The average molecular weight is 443 g/mol. The maximum atomic E-state index is 13.3. The van der Waals surface area contributed by atoms with E-state index >= 15 is 0 Å². The van der Waals surface area contributed by atoms with Gasteiger partial charge < -0.3 is 9.88 Å². The summed E-state index contributed by atoms with van der Waals surface area (Å²) >= 11 is 5.97. The van der Waals surface area contributed by atoms with Crippen LogP contribution in [0.4, 0.5) is 23.2 Å². The Morgan fingerprint density at radius 1 is 1.32 bits per heavy atom. The summed E-state index contributed by atoms with van der Waals surface area (Å²) in [6.07, 6.45) is -3.90. The Morgan fingerprint density at radius 3 is 2.46 bits per heavy atom. The van der Waals surface area contributed by atoms with E-state index in [9.17, 15) is 30.8 Å². The summed E-state index contributed by atoms with van der Waals surface area (Å²) in [6.45, 7) is 2.12. The van der Waals surface area contributed by atoms with Crippen LogP contribution in [0, 0.1) is 12.9 Å². The molecule has 2 aromatic rings. The zero-order chi connectivity index (χ0) is 21.4. The number of nitrogens with one attached hydrogen (secondary N) is 2. The predicted octanol–water partition coefficient (Wildman–Crippen LogP) is 3.00. The number of pyridine rings is 1. The number of rotatable bonds is 5. The van der Waals surface area contributed by atoms with Crippen molar-refractivity contribution >= 4 is 33.2 Å². The summed E-state index contributed by atoms with van der Waals surface area (Å²) in [5, 5.41) is 1.76. The lowest BCUT2D eigenvalue weighted by molar-refractivity contribution is -0.147. The molecule has 0 aliphatic heterocycles. The lowest BCUT2D eigenvalue weighted by Crippen LogP contribution is -2.42. The minimum atomic E-state index is -4.81. The van der Waals surface area contributed by atoms with Gasteiger partial charge in [-0.3, -0.25) is 4.79 Å². The molecular formula is C15H15ClF4N4O3S. The third-order valence-corrected chi connectivity index (χ3v) is 5.64. The van der Waals surface area contributed by atoms with Crippen LogP contribution >= 0.6 is 11.6 Å². The number of aryl methyl sites for hydroxylation is 2. The zero-order valence-corrected chi connectivity index (χ0v) is 16.3. The van der Waals surface area contributed by atoms with Gasteiger partial charge in [0, 0.05) is 30.7 Å². The third kappa shape index (κ3) is 4.80. The molecule has 2 heterocycles. The second-order valence-corrected chi connectivity index (χ2v) is 7.99. The van der Waals surface area contributed by atoms with E-state index in [1.54, 1.807) is 0 Å². The van der Waals surface area contributed by atoms with Crippen molar-refractivity contribution in [1.29, 1.82) is 0 Å². The molecule has 2 aromatic heterocycles. The van der Waals surface area contributed by atoms with Crippen molar-refractivity contribution in [3.05, 3.63) is 40.7 Å². The Morgan fingerprint density at radius 2 is 1.93 bits per heavy atom. The van der Waals surface area contributed by atoms with Crippen LogP contribution in [0.2, 0.25) is 5.02 Å². The summed E-state index contributed by atoms with van der Waals surface area (Å²) in [7, 11) is -3.38. The van der Waals surface area contributed by atoms with Gasteiger partial charge in [-0.2, -0.15) is 22.3 Å². The van der Waals surface area contributed by atoms with Crippen molar-refractivity contribution in [2.75, 3.05) is 5.32 Å². The molecule has 1 amide bonds. The van der Waals surface area contributed by atoms with Crippen molar-refractivity contribution < 1.29 is 30.8 Å². The molecule has 0 aliphatic rings. The molecule has 2 rings (SSSR count). The molecule has 0 saturated carbocycles. The van der Waals surface area contributed by atoms with E-state index < -0.39 is 44.0 Å². The molecule has 0 aromatic carbocycles. The minimum Gasteiger partial charge on any atom is -0.344 e. The summed E-state index contributed by atoms with van der Waals surface area (Å²) < 4.78 is 78.3. The predicted molar refractivity (Wildman–Crippen MR) is 93.1 cm³/mol. The first-order valence-electron chi connectivity index (χ1n) is 7.61. The van der Waals surface area contributed by atoms with Crippen LogP contribution in [0.5, 0.6) is 0 Å². The number of hydrogen-bond donors (Lipinski definition) is 2. The molecule has 0 spiro atoms. The molecule has 0 fully saturated rings. The largest absolute Gasteiger partial charge is 0.404 e. The monoisotopic (exact) mass is 442 g/mol. The fraction of sp³-hybridized carbons (Fsp3) is 0.333. The van der Waals surface area contributed by atoms with E-state index in [1.165, 1.54) is 24.8 Å². The zero-order valence-electron chi connectivity index (χ0n) is 14.7. The summed E-state index contributed by atoms with van der Waals surface area (Å²) in [5.74, 6) is -1.73. The van der Waals surface area contributed by atoms with Crippen molar-refractivity contribution in [3.8, 4) is 0 Å². The van der Waals surface area contributed by atoms with Gasteiger partial charge in [-0.25, -0.2) is 13.4 Å². The number of hydrogen-bond acceptors (Lipinski definition) is 4. The molecular weight excluding hydrogens is 428 g/mol. The highest BCUT2D eigenvalue weighted by Crippen LogP contribution is 2.29. The molecule has 28 heavy (non-hydrogen) atoms. The van der Waals surface area contributed by atoms with Crippen molar-refractivity contribution in [2.45, 2.75) is 31.0 Å². The maximum Gasteiger partial charge on any atom is 0.404 e. The highest BCUT2D eigenvalue weighted by atomic mass is 35.5. The number of nitrogens with zero attached hydrogens (tertiary/aromatic N) is 2. The highest BCUT2D eigenvalue weighted by molar-refractivity contribution is 7.89. The summed E-state index contributed by atoms with van der Waals surface area (Å²) in [6, 6.07) is -0.0672. The normalized spacial score (nSPS) is 13.4. The van der Waals surface area contributed by atoms with Gasteiger partial charge in [0.05, 0.1) is 5.02 Å². The molecule has 0 aliphatic carbocycles. The Bertz CT molecular complexity index is 1000. The summed E-state index contributed by atoms with van der Waals surface area (Å²) in [4.78, 5) is 15.3. The fourth-order valence-electron chi connectivity index (χ4n) is 2.27. The molecule has 1 atom stereocenters. The second-order valence-electron chi connectivity index (χ2n) is 5.93. The van der Waals surface area contributed by atoms with Gasteiger partial charge in [0.1, 0.15) is 16.6 Å². The topological polar surface area (TPSA) is 93.1 Å². The molecule has 0 saturated heterocycles. The average Bonchev–Trinajstić information content (AvgIpc) is 2.80. The number of aromatic nitrogens is 2. The first-order valence-corrected chi connectivity index (χ1v) is 9.48. The van der Waals surface area contributed by atoms with Gasteiger partial charge in [0.25, 0.3) is 5.91 Å². The first-order chi connectivity index (χ1) is 12.7. The van der Waals surface area contributed by atoms with Crippen molar-refractivity contribution in [3.63, 3.8) is 0 Å². The molecule has 0 bridgehead atoms. The van der Waals surface area contributed by atoms with Crippen LogP contribution < -0.4 is 10.0 Å². The molecule has 154 valence electrons. The number of carbonyl (C=O) groups is 1.